The lowest BCUT2D eigenvalue weighted by Gasteiger charge is -2.33. The minimum Gasteiger partial charge on any atom is -0.481 e. The molecule has 1 aliphatic heterocycles. The van der Waals surface area contributed by atoms with Crippen LogP contribution in [0.5, 0.6) is 0 Å². The fourth-order valence-electron chi connectivity index (χ4n) is 9.53. The molecule has 27 nitrogen and oxygen atoms in total. The largest absolute Gasteiger partial charge is 0.481 e. The van der Waals surface area contributed by atoms with Crippen molar-refractivity contribution in [1.29, 1.82) is 0 Å². The van der Waals surface area contributed by atoms with E-state index in [0.717, 1.165) is 27.1 Å². The zero-order valence-electron chi connectivity index (χ0n) is 44.0. The third-order valence-electron chi connectivity index (χ3n) is 13.7. The molecule has 3 aromatic carbocycles. The number of amides is 6. The molecule has 2 fully saturated rings. The first-order valence-electron chi connectivity index (χ1n) is 26.0. The summed E-state index contributed by atoms with van der Waals surface area (Å²) in [7, 11) is 0. The maximum absolute atomic E-state index is 14.1. The molecule has 28 heteroatoms. The van der Waals surface area contributed by atoms with Crippen LogP contribution in [0.25, 0.3) is 21.5 Å². The van der Waals surface area contributed by atoms with Crippen LogP contribution in [0.1, 0.15) is 31.2 Å². The zero-order chi connectivity index (χ0) is 58.3. The van der Waals surface area contributed by atoms with Crippen LogP contribution in [0, 0.1) is 11.8 Å². The number of carbonyl (C=O) groups excluding carboxylic acids is 5. The van der Waals surface area contributed by atoms with Crippen molar-refractivity contribution in [3.8, 4) is 0 Å². The Morgan fingerprint density at radius 3 is 1.48 bits per heavy atom. The molecule has 0 aromatic heterocycles. The summed E-state index contributed by atoms with van der Waals surface area (Å²) in [5.74, 6) is -11.1. The lowest BCUT2D eigenvalue weighted by molar-refractivity contribution is -0.140. The van der Waals surface area contributed by atoms with Gasteiger partial charge in [0, 0.05) is 83.5 Å². The number of hydrogen-bond donors (Lipinski definition) is 12. The monoisotopic (exact) mass is 1140 g/mol. The molecule has 1 heterocycles. The van der Waals surface area contributed by atoms with Crippen LogP contribution in [-0.2, 0) is 54.4 Å². The molecule has 1 saturated heterocycles. The molecular formula is C52H70N10O17S. The summed E-state index contributed by atoms with van der Waals surface area (Å²) in [6.07, 6.45) is 1.96. The fraction of sp³-hybridized carbons (Fsp3) is 0.519. The molecule has 6 amide bonds. The molecule has 2 aliphatic rings. The van der Waals surface area contributed by atoms with E-state index in [0.29, 0.717) is 44.0 Å². The van der Waals surface area contributed by atoms with Gasteiger partial charge in [-0.2, -0.15) is 0 Å². The van der Waals surface area contributed by atoms with Crippen LogP contribution >= 0.6 is 11.8 Å². The molecule has 3 aromatic rings. The van der Waals surface area contributed by atoms with Gasteiger partial charge < -0.3 is 62.5 Å². The Bertz CT molecular complexity index is 2620. The Kier molecular flexibility index (Phi) is 25.1. The average molecular weight is 1140 g/mol. The Morgan fingerprint density at radius 1 is 0.525 bits per heavy atom. The summed E-state index contributed by atoms with van der Waals surface area (Å²) < 4.78 is 0. The van der Waals surface area contributed by atoms with Gasteiger partial charge in [-0.25, -0.2) is 14.4 Å². The lowest BCUT2D eigenvalue weighted by Crippen LogP contribution is -2.56. The van der Waals surface area contributed by atoms with Crippen molar-refractivity contribution >= 4 is 98.8 Å². The van der Waals surface area contributed by atoms with Crippen molar-refractivity contribution in [2.45, 2.75) is 50.2 Å². The Hall–Kier alpha value is -7.66. The van der Waals surface area contributed by atoms with E-state index >= 15 is 0 Å². The Balaban J connectivity index is 1.19. The highest BCUT2D eigenvalue weighted by molar-refractivity contribution is 8.00. The SMILES string of the molecule is O=C(O)CSC[C@H](NC(=O)N[C@@H](CNC(=O)CNC(=O)[C@H](Cc1c2ccccc2cc2ccccc12)NC(=O)C1CCC(CNC(=O)CN2CCN(CC(=O)O)CCN(CC(=O)O)CCN(CC(=O)O)CC2)CC1)C(=O)O)C(=O)O. The molecule has 3 atom stereocenters. The van der Waals surface area contributed by atoms with Crippen LogP contribution in [0.3, 0.4) is 0 Å². The molecule has 5 rings (SSSR count). The van der Waals surface area contributed by atoms with E-state index in [4.69, 9.17) is 5.11 Å². The quantitative estimate of drug-likeness (QED) is 0.0394. The smallest absolute Gasteiger partial charge is 0.328 e. The van der Waals surface area contributed by atoms with Crippen molar-refractivity contribution in [3.63, 3.8) is 0 Å². The summed E-state index contributed by atoms with van der Waals surface area (Å²) >= 11 is 0.714. The maximum Gasteiger partial charge on any atom is 0.328 e. The van der Waals surface area contributed by atoms with E-state index in [9.17, 15) is 78.3 Å². The van der Waals surface area contributed by atoms with Crippen molar-refractivity contribution in [3.05, 3.63) is 60.2 Å². The minimum absolute atomic E-state index is 0.00124. The first-order chi connectivity index (χ1) is 38.1. The molecule has 0 bridgehead atoms. The highest BCUT2D eigenvalue weighted by atomic mass is 32.2. The summed E-state index contributed by atoms with van der Waals surface area (Å²) in [5, 5.41) is 74.9. The third kappa shape index (κ3) is 21.5. The van der Waals surface area contributed by atoms with Gasteiger partial charge in [0.15, 0.2) is 0 Å². The van der Waals surface area contributed by atoms with Gasteiger partial charge in [-0.15, -0.1) is 11.8 Å². The summed E-state index contributed by atoms with van der Waals surface area (Å²) in [4.78, 5) is 144. The van der Waals surface area contributed by atoms with E-state index in [-0.39, 0.29) is 103 Å². The first-order valence-corrected chi connectivity index (χ1v) is 27.2. The number of benzene rings is 3. The molecule has 436 valence electrons. The van der Waals surface area contributed by atoms with E-state index in [1.165, 1.54) is 0 Å². The van der Waals surface area contributed by atoms with Crippen molar-refractivity contribution in [1.82, 2.24) is 51.5 Å². The predicted octanol–water partition coefficient (Wildman–Crippen LogP) is -1.33. The number of nitrogens with one attached hydrogen (secondary N) is 6. The van der Waals surface area contributed by atoms with Crippen LogP contribution < -0.4 is 31.9 Å². The lowest BCUT2D eigenvalue weighted by atomic mass is 9.81. The van der Waals surface area contributed by atoms with Crippen LogP contribution in [0.2, 0.25) is 0 Å². The fourth-order valence-corrected chi connectivity index (χ4v) is 10.3. The molecule has 80 heavy (non-hydrogen) atoms. The number of urea groups is 1. The number of rotatable bonds is 27. The van der Waals surface area contributed by atoms with Crippen LogP contribution in [0.4, 0.5) is 4.79 Å². The van der Waals surface area contributed by atoms with Gasteiger partial charge in [0.05, 0.1) is 38.5 Å². The standard InChI is InChI=1S/C52H70N10O17S/c63-42(54-24-40(50(75)76)57-52(79)58-41(51(77)78)30-80-31-47(71)72)25-55-49(74)39(22-38-36-7-3-1-5-34(36)21-35-6-2-4-8-37(35)38)56-48(73)33-11-9-32(10-12-33)23-53-43(64)26-59-13-15-60(27-44(65)66)17-19-62(29-46(69)70)20-18-61(16-14-59)28-45(67)68/h1-8,21,32-33,39-41H,9-20,22-31H2,(H,53,64)(H,54,63)(H,55,74)(H,56,73)(H,65,66)(H,67,68)(H,69,70)(H,71,72)(H,75,76)(H,77,78)(H2,57,58,79)/t32?,33?,39-,40-,41-/m0/s1. The number of aliphatic carboxylic acids is 6. The number of carbonyl (C=O) groups is 11. The molecule has 0 spiro atoms. The summed E-state index contributed by atoms with van der Waals surface area (Å²) in [6.45, 7) is -0.0154. The Morgan fingerprint density at radius 2 is 1.00 bits per heavy atom. The molecule has 1 aliphatic carbocycles. The number of hydrogen-bond acceptors (Lipinski definition) is 16. The number of nitrogens with zero attached hydrogens (tertiary/aromatic N) is 4. The highest BCUT2D eigenvalue weighted by Crippen LogP contribution is 2.31. The highest BCUT2D eigenvalue weighted by Gasteiger charge is 2.32. The second kappa shape index (κ2) is 31.8. The first kappa shape index (κ1) is 63.2. The van der Waals surface area contributed by atoms with Crippen LogP contribution in [0.15, 0.2) is 54.6 Å². The molecular weight excluding hydrogens is 1070 g/mol. The van der Waals surface area contributed by atoms with E-state index in [1.807, 2.05) is 59.5 Å². The normalized spacial score (nSPS) is 18.2. The van der Waals surface area contributed by atoms with Crippen molar-refractivity contribution in [2.75, 3.05) is 110 Å². The third-order valence-corrected chi connectivity index (χ3v) is 14.8. The zero-order valence-corrected chi connectivity index (χ0v) is 44.8. The maximum atomic E-state index is 14.1. The number of carboxylic acid groups (broad SMARTS) is 6. The van der Waals surface area contributed by atoms with Gasteiger partial charge in [-0.1, -0.05) is 48.5 Å². The summed E-state index contributed by atoms with van der Waals surface area (Å²) in [5.41, 5.74) is 0.759. The second-order valence-corrected chi connectivity index (χ2v) is 20.7. The van der Waals surface area contributed by atoms with E-state index < -0.39 is 102 Å². The second-order valence-electron chi connectivity index (χ2n) is 19.7. The van der Waals surface area contributed by atoms with Gasteiger partial charge in [0.1, 0.15) is 18.1 Å². The number of thioether (sulfide) groups is 1. The number of fused-ring (bicyclic) bond motifs is 2. The minimum atomic E-state index is -1.75. The number of carboxylic acids is 6. The van der Waals surface area contributed by atoms with Gasteiger partial charge in [-0.3, -0.25) is 58.0 Å². The van der Waals surface area contributed by atoms with E-state index in [2.05, 4.69) is 31.9 Å². The van der Waals surface area contributed by atoms with Gasteiger partial charge in [0.2, 0.25) is 23.6 Å². The van der Waals surface area contributed by atoms with E-state index in [1.54, 1.807) is 14.7 Å². The molecule has 12 N–H and O–H groups in total. The van der Waals surface area contributed by atoms with Gasteiger partial charge >= 0.3 is 41.8 Å². The molecule has 1 saturated carbocycles. The Labute approximate surface area is 464 Å². The summed E-state index contributed by atoms with van der Waals surface area (Å²) in [6, 6.07) is 11.4. The van der Waals surface area contributed by atoms with Gasteiger partial charge in [0.25, 0.3) is 0 Å². The van der Waals surface area contributed by atoms with Crippen molar-refractivity contribution in [2.24, 2.45) is 11.8 Å². The average Bonchev–Trinajstić information content (AvgIpc) is 3.44. The van der Waals surface area contributed by atoms with Crippen molar-refractivity contribution < 1.29 is 83.4 Å². The van der Waals surface area contributed by atoms with Crippen LogP contribution in [-0.4, -0.2) is 244 Å². The predicted molar refractivity (Wildman–Crippen MR) is 290 cm³/mol. The topological polar surface area (TPSA) is 394 Å². The molecule has 0 radical (unpaired) electrons. The molecule has 0 unspecified atom stereocenters. The van der Waals surface area contributed by atoms with Gasteiger partial charge in [-0.05, 0) is 64.8 Å².